The number of carbonyl (C=O) groups excluding carboxylic acids is 1. The van der Waals surface area contributed by atoms with Crippen molar-refractivity contribution >= 4 is 44.6 Å². The quantitative estimate of drug-likeness (QED) is 0.369. The highest BCUT2D eigenvalue weighted by Crippen LogP contribution is 2.33. The second-order valence-corrected chi connectivity index (χ2v) is 6.89. The van der Waals surface area contributed by atoms with Gasteiger partial charge in [0.05, 0.1) is 18.2 Å². The number of hydrazone groups is 1. The summed E-state index contributed by atoms with van der Waals surface area (Å²) in [5.41, 5.74) is 5.01. The number of ether oxygens (including phenoxy) is 1. The number of hydrogen-bond donors (Lipinski definition) is 1. The molecule has 3 aromatic rings. The van der Waals surface area contributed by atoms with Crippen LogP contribution in [0.25, 0.3) is 10.4 Å². The van der Waals surface area contributed by atoms with E-state index in [-0.39, 0.29) is 5.69 Å². The zero-order chi connectivity index (χ0) is 17.6. The molecule has 0 aliphatic carbocycles. The van der Waals surface area contributed by atoms with Crippen molar-refractivity contribution in [2.24, 2.45) is 5.10 Å². The Kier molecular flexibility index (Phi) is 5.57. The second-order valence-electron chi connectivity index (χ2n) is 4.98. The fourth-order valence-corrected chi connectivity index (χ4v) is 3.27. The highest BCUT2D eigenvalue weighted by Gasteiger charge is 2.19. The van der Waals surface area contributed by atoms with Crippen molar-refractivity contribution in [2.45, 2.75) is 0 Å². The van der Waals surface area contributed by atoms with Gasteiger partial charge in [-0.25, -0.2) is 9.78 Å². The summed E-state index contributed by atoms with van der Waals surface area (Å²) in [6.07, 6.45) is 1.69. The smallest absolute Gasteiger partial charge is 0.358 e. The summed E-state index contributed by atoms with van der Waals surface area (Å²) >= 11 is 4.74. The van der Waals surface area contributed by atoms with E-state index in [2.05, 4.69) is 31.4 Å². The number of carbonyl (C=O) groups is 1. The van der Waals surface area contributed by atoms with Gasteiger partial charge in [-0.15, -0.1) is 0 Å². The van der Waals surface area contributed by atoms with Crippen LogP contribution in [0.5, 0.6) is 0 Å². The van der Waals surface area contributed by atoms with Crippen LogP contribution >= 0.6 is 27.3 Å². The van der Waals surface area contributed by atoms with E-state index < -0.39 is 5.97 Å². The Balaban J connectivity index is 1.83. The molecule has 2 aromatic carbocycles. The summed E-state index contributed by atoms with van der Waals surface area (Å²) in [7, 11) is 1.34. The molecule has 3 rings (SSSR count). The molecule has 1 heterocycles. The Bertz CT molecular complexity index is 892. The number of nitrogens with one attached hydrogen (secondary N) is 1. The lowest BCUT2D eigenvalue weighted by atomic mass is 10.1. The molecule has 1 N–H and O–H groups in total. The number of halogens is 1. The number of aromatic nitrogens is 1. The highest BCUT2D eigenvalue weighted by atomic mass is 79.9. The van der Waals surface area contributed by atoms with E-state index in [4.69, 9.17) is 4.74 Å². The number of methoxy groups -OCH3 is 1. The molecule has 0 unspecified atom stereocenters. The summed E-state index contributed by atoms with van der Waals surface area (Å²) in [6, 6.07) is 17.3. The van der Waals surface area contributed by atoms with E-state index in [0.717, 1.165) is 20.5 Å². The molecule has 0 radical (unpaired) electrons. The highest BCUT2D eigenvalue weighted by molar-refractivity contribution is 9.10. The van der Waals surface area contributed by atoms with E-state index in [1.807, 2.05) is 54.6 Å². The zero-order valence-corrected chi connectivity index (χ0v) is 15.7. The molecule has 0 fully saturated rings. The van der Waals surface area contributed by atoms with Crippen LogP contribution in [-0.2, 0) is 4.74 Å². The lowest BCUT2D eigenvalue weighted by molar-refractivity contribution is 0.0596. The monoisotopic (exact) mass is 415 g/mol. The molecule has 0 saturated carbocycles. The summed E-state index contributed by atoms with van der Waals surface area (Å²) < 4.78 is 5.84. The van der Waals surface area contributed by atoms with Crippen LogP contribution in [0.15, 0.2) is 64.2 Å². The Hall–Kier alpha value is -2.51. The van der Waals surface area contributed by atoms with Crippen LogP contribution in [0.3, 0.4) is 0 Å². The van der Waals surface area contributed by atoms with E-state index in [1.54, 1.807) is 6.21 Å². The maximum Gasteiger partial charge on any atom is 0.358 e. The van der Waals surface area contributed by atoms with Gasteiger partial charge in [-0.2, -0.15) is 5.10 Å². The molecule has 0 aliphatic heterocycles. The molecule has 0 aliphatic rings. The molecule has 126 valence electrons. The van der Waals surface area contributed by atoms with Gasteiger partial charge >= 0.3 is 5.97 Å². The molecule has 0 spiro atoms. The van der Waals surface area contributed by atoms with Gasteiger partial charge in [-0.05, 0) is 23.3 Å². The lowest BCUT2D eigenvalue weighted by Gasteiger charge is -1.99. The van der Waals surface area contributed by atoms with Crippen molar-refractivity contribution in [2.75, 3.05) is 12.5 Å². The van der Waals surface area contributed by atoms with Gasteiger partial charge in [-0.3, -0.25) is 5.43 Å². The average molecular weight is 416 g/mol. The summed E-state index contributed by atoms with van der Waals surface area (Å²) in [6.45, 7) is 0. The second kappa shape index (κ2) is 8.04. The predicted octanol–water partition coefficient (Wildman–Crippen LogP) is 4.81. The number of hydrogen-bond acceptors (Lipinski definition) is 6. The van der Waals surface area contributed by atoms with Crippen molar-refractivity contribution in [1.29, 1.82) is 0 Å². The van der Waals surface area contributed by atoms with Gasteiger partial charge in [-0.1, -0.05) is 69.7 Å². The van der Waals surface area contributed by atoms with Gasteiger partial charge in [0, 0.05) is 4.47 Å². The number of nitrogens with zero attached hydrogens (tertiary/aromatic N) is 2. The molecule has 0 bridgehead atoms. The molecule has 1 aromatic heterocycles. The van der Waals surface area contributed by atoms with Gasteiger partial charge in [0.25, 0.3) is 0 Å². The molecule has 0 atom stereocenters. The maximum absolute atomic E-state index is 12.0. The number of rotatable bonds is 5. The molecule has 25 heavy (non-hydrogen) atoms. The Morgan fingerprint density at radius 2 is 1.92 bits per heavy atom. The third-order valence-electron chi connectivity index (χ3n) is 3.29. The minimum absolute atomic E-state index is 0.278. The van der Waals surface area contributed by atoms with Gasteiger partial charge in [0.15, 0.2) is 5.69 Å². The molecule has 7 heteroatoms. The first-order valence-electron chi connectivity index (χ1n) is 7.36. The topological polar surface area (TPSA) is 63.6 Å². The maximum atomic E-state index is 12.0. The molecule has 0 amide bonds. The van der Waals surface area contributed by atoms with Crippen LogP contribution in [0, 0.1) is 0 Å². The standard InChI is InChI=1S/C18H14BrN3O2S/c1-24-17(23)15-16(13-5-3-2-4-6-13)25-18(21-15)22-20-11-12-7-9-14(19)10-8-12/h2-11H,1H3,(H,21,22)/b20-11+. The Labute approximate surface area is 157 Å². The first-order valence-corrected chi connectivity index (χ1v) is 8.97. The van der Waals surface area contributed by atoms with Crippen LogP contribution in [0.1, 0.15) is 16.1 Å². The number of anilines is 1. The summed E-state index contributed by atoms with van der Waals surface area (Å²) in [4.78, 5) is 17.1. The average Bonchev–Trinajstić information content (AvgIpc) is 3.08. The summed E-state index contributed by atoms with van der Waals surface area (Å²) in [5, 5.41) is 4.70. The number of esters is 1. The van der Waals surface area contributed by atoms with E-state index >= 15 is 0 Å². The zero-order valence-electron chi connectivity index (χ0n) is 13.3. The number of benzene rings is 2. The van der Waals surface area contributed by atoms with Gasteiger partial charge < -0.3 is 4.74 Å². The lowest BCUT2D eigenvalue weighted by Crippen LogP contribution is -2.03. The van der Waals surface area contributed by atoms with Crippen LogP contribution in [0.4, 0.5) is 5.13 Å². The number of thiazole rings is 1. The fraction of sp³-hybridized carbons (Fsp3) is 0.0556. The van der Waals surface area contributed by atoms with Crippen molar-refractivity contribution in [3.63, 3.8) is 0 Å². The Morgan fingerprint density at radius 1 is 1.20 bits per heavy atom. The van der Waals surface area contributed by atoms with Gasteiger partial charge in [0.2, 0.25) is 5.13 Å². The molecule has 0 saturated heterocycles. The summed E-state index contributed by atoms with van der Waals surface area (Å²) in [5.74, 6) is -0.472. The van der Waals surface area contributed by atoms with Crippen molar-refractivity contribution in [3.8, 4) is 10.4 Å². The minimum atomic E-state index is -0.472. The predicted molar refractivity (Wildman–Crippen MR) is 104 cm³/mol. The first-order chi connectivity index (χ1) is 12.2. The van der Waals surface area contributed by atoms with Crippen molar-refractivity contribution < 1.29 is 9.53 Å². The third kappa shape index (κ3) is 4.32. The van der Waals surface area contributed by atoms with E-state index in [0.29, 0.717) is 5.13 Å². The van der Waals surface area contributed by atoms with Crippen LogP contribution in [-0.4, -0.2) is 24.3 Å². The molecular weight excluding hydrogens is 402 g/mol. The van der Waals surface area contributed by atoms with Crippen molar-refractivity contribution in [1.82, 2.24) is 4.98 Å². The van der Waals surface area contributed by atoms with Crippen LogP contribution in [0.2, 0.25) is 0 Å². The minimum Gasteiger partial charge on any atom is -0.464 e. The normalized spacial score (nSPS) is 10.8. The van der Waals surface area contributed by atoms with E-state index in [9.17, 15) is 4.79 Å². The molecule has 5 nitrogen and oxygen atoms in total. The van der Waals surface area contributed by atoms with Gasteiger partial charge in [0.1, 0.15) is 0 Å². The first kappa shape index (κ1) is 17.3. The molecular formula is C18H14BrN3O2S. The third-order valence-corrected chi connectivity index (χ3v) is 4.82. The Morgan fingerprint density at radius 3 is 2.60 bits per heavy atom. The van der Waals surface area contributed by atoms with E-state index in [1.165, 1.54) is 18.4 Å². The van der Waals surface area contributed by atoms with Crippen LogP contribution < -0.4 is 5.43 Å². The largest absolute Gasteiger partial charge is 0.464 e. The SMILES string of the molecule is COC(=O)c1nc(N/N=C/c2ccc(Br)cc2)sc1-c1ccccc1. The fourth-order valence-electron chi connectivity index (χ4n) is 2.10. The van der Waals surface area contributed by atoms with Crippen molar-refractivity contribution in [3.05, 3.63) is 70.3 Å².